The first kappa shape index (κ1) is 16.5. The van der Waals surface area contributed by atoms with E-state index in [0.717, 1.165) is 37.6 Å². The number of rotatable bonds is 5. The predicted molar refractivity (Wildman–Crippen MR) is 92.7 cm³/mol. The summed E-state index contributed by atoms with van der Waals surface area (Å²) in [5, 5.41) is 12.8. The molecule has 0 saturated carbocycles. The average molecular weight is 326 g/mol. The number of nitrogens with one attached hydrogen (secondary N) is 1. The molecule has 0 radical (unpaired) electrons. The van der Waals surface area contributed by atoms with Gasteiger partial charge in [0.1, 0.15) is 0 Å². The molecule has 1 unspecified atom stereocenters. The van der Waals surface area contributed by atoms with Crippen LogP contribution in [0.15, 0.2) is 54.6 Å². The molecule has 1 aliphatic rings. The van der Waals surface area contributed by atoms with Gasteiger partial charge < -0.3 is 20.1 Å². The van der Waals surface area contributed by atoms with E-state index in [9.17, 15) is 9.90 Å². The van der Waals surface area contributed by atoms with Crippen LogP contribution in [-0.2, 0) is 16.1 Å². The van der Waals surface area contributed by atoms with Crippen molar-refractivity contribution in [3.8, 4) is 0 Å². The topological polar surface area (TPSA) is 61.8 Å². The maximum atomic E-state index is 12.0. The zero-order valence-corrected chi connectivity index (χ0v) is 13.5. The van der Waals surface area contributed by atoms with Crippen molar-refractivity contribution in [2.45, 2.75) is 12.6 Å². The van der Waals surface area contributed by atoms with E-state index in [-0.39, 0.29) is 0 Å². The summed E-state index contributed by atoms with van der Waals surface area (Å²) in [5.74, 6) is -0.390. The van der Waals surface area contributed by atoms with Gasteiger partial charge in [0.15, 0.2) is 6.10 Å². The number of anilines is 1. The second kappa shape index (κ2) is 7.95. The van der Waals surface area contributed by atoms with Crippen LogP contribution in [0.5, 0.6) is 0 Å². The van der Waals surface area contributed by atoms with Gasteiger partial charge in [-0.15, -0.1) is 0 Å². The average Bonchev–Trinajstić information content (AvgIpc) is 2.67. The van der Waals surface area contributed by atoms with Gasteiger partial charge in [0, 0.05) is 25.3 Å². The molecule has 0 aromatic heterocycles. The highest BCUT2D eigenvalue weighted by Gasteiger charge is 2.16. The van der Waals surface area contributed by atoms with Gasteiger partial charge in [0.25, 0.3) is 5.91 Å². The van der Waals surface area contributed by atoms with E-state index < -0.39 is 12.0 Å². The number of hydrogen-bond acceptors (Lipinski definition) is 4. The van der Waals surface area contributed by atoms with E-state index >= 15 is 0 Å². The fraction of sp³-hybridized carbons (Fsp3) is 0.316. The van der Waals surface area contributed by atoms with E-state index in [4.69, 9.17) is 4.74 Å². The number of hydrogen-bond donors (Lipinski definition) is 2. The highest BCUT2D eigenvalue weighted by atomic mass is 16.5. The molecular formula is C19H22N2O3. The highest BCUT2D eigenvalue weighted by molar-refractivity contribution is 5.81. The molecule has 1 amide bonds. The summed E-state index contributed by atoms with van der Waals surface area (Å²) in [4.78, 5) is 14.3. The summed E-state index contributed by atoms with van der Waals surface area (Å²) in [5.41, 5.74) is 2.76. The number of amides is 1. The van der Waals surface area contributed by atoms with E-state index in [0.29, 0.717) is 12.1 Å². The lowest BCUT2D eigenvalue weighted by atomic mass is 10.1. The summed E-state index contributed by atoms with van der Waals surface area (Å²) in [6, 6.07) is 17.0. The van der Waals surface area contributed by atoms with Gasteiger partial charge in [-0.3, -0.25) is 4.79 Å². The fourth-order valence-corrected chi connectivity index (χ4v) is 2.72. The Kier molecular flexibility index (Phi) is 5.46. The molecule has 2 aromatic rings. The summed E-state index contributed by atoms with van der Waals surface area (Å²) in [6.07, 6.45) is -1.14. The molecular weight excluding hydrogens is 304 g/mol. The lowest BCUT2D eigenvalue weighted by molar-refractivity contribution is -0.129. The number of benzene rings is 2. The minimum Gasteiger partial charge on any atom is -0.378 e. The molecule has 126 valence electrons. The molecule has 1 atom stereocenters. The minimum atomic E-state index is -1.14. The SMILES string of the molecule is O=C(NCc1ccc(N2CCOCC2)cc1)C(O)c1ccccc1. The maximum Gasteiger partial charge on any atom is 0.253 e. The van der Waals surface area contributed by atoms with Gasteiger partial charge in [-0.1, -0.05) is 42.5 Å². The Hall–Kier alpha value is -2.37. The molecule has 5 nitrogen and oxygen atoms in total. The largest absolute Gasteiger partial charge is 0.378 e. The molecule has 0 bridgehead atoms. The first-order chi connectivity index (χ1) is 11.7. The first-order valence-electron chi connectivity index (χ1n) is 8.16. The van der Waals surface area contributed by atoms with Gasteiger partial charge in [-0.2, -0.15) is 0 Å². The highest BCUT2D eigenvalue weighted by Crippen LogP contribution is 2.17. The normalized spacial score (nSPS) is 15.8. The third-order valence-electron chi connectivity index (χ3n) is 4.14. The lowest BCUT2D eigenvalue weighted by Crippen LogP contribution is -2.36. The van der Waals surface area contributed by atoms with Crippen LogP contribution in [0.1, 0.15) is 17.2 Å². The standard InChI is InChI=1S/C19H22N2O3/c22-18(16-4-2-1-3-5-16)19(23)20-14-15-6-8-17(9-7-15)21-10-12-24-13-11-21/h1-9,18,22H,10-14H2,(H,20,23). The Morgan fingerprint density at radius 2 is 1.75 bits per heavy atom. The Balaban J connectivity index is 1.53. The number of ether oxygens (including phenoxy) is 1. The second-order valence-electron chi connectivity index (χ2n) is 5.80. The Labute approximate surface area is 141 Å². The van der Waals surface area contributed by atoms with Crippen molar-refractivity contribution < 1.29 is 14.6 Å². The van der Waals surface area contributed by atoms with Crippen LogP contribution in [0.3, 0.4) is 0 Å². The number of aliphatic hydroxyl groups is 1. The molecule has 0 spiro atoms. The van der Waals surface area contributed by atoms with Crippen molar-refractivity contribution in [3.63, 3.8) is 0 Å². The molecule has 2 aromatic carbocycles. The van der Waals surface area contributed by atoms with Gasteiger partial charge in [-0.05, 0) is 23.3 Å². The summed E-state index contributed by atoms with van der Waals surface area (Å²) in [6.45, 7) is 3.72. The Morgan fingerprint density at radius 1 is 1.08 bits per heavy atom. The van der Waals surface area contributed by atoms with Gasteiger partial charge in [0.05, 0.1) is 13.2 Å². The first-order valence-corrected chi connectivity index (χ1v) is 8.16. The molecule has 0 aliphatic carbocycles. The van der Waals surface area contributed by atoms with E-state index in [1.165, 1.54) is 0 Å². The smallest absolute Gasteiger partial charge is 0.253 e. The summed E-state index contributed by atoms with van der Waals surface area (Å²) >= 11 is 0. The molecule has 5 heteroatoms. The molecule has 1 heterocycles. The number of morpholine rings is 1. The number of carbonyl (C=O) groups is 1. The van der Waals surface area contributed by atoms with Crippen LogP contribution in [-0.4, -0.2) is 37.3 Å². The predicted octanol–water partition coefficient (Wildman–Crippen LogP) is 1.87. The van der Waals surface area contributed by atoms with E-state index in [2.05, 4.69) is 22.3 Å². The molecule has 1 fully saturated rings. The third-order valence-corrected chi connectivity index (χ3v) is 4.14. The van der Waals surface area contributed by atoms with Crippen molar-refractivity contribution in [1.82, 2.24) is 5.32 Å². The van der Waals surface area contributed by atoms with Crippen molar-refractivity contribution in [2.75, 3.05) is 31.2 Å². The van der Waals surface area contributed by atoms with Crippen LogP contribution in [0.4, 0.5) is 5.69 Å². The molecule has 24 heavy (non-hydrogen) atoms. The summed E-state index contributed by atoms with van der Waals surface area (Å²) in [7, 11) is 0. The molecule has 1 saturated heterocycles. The Morgan fingerprint density at radius 3 is 2.42 bits per heavy atom. The minimum absolute atomic E-state index is 0.390. The van der Waals surface area contributed by atoms with Crippen LogP contribution in [0.25, 0.3) is 0 Å². The monoisotopic (exact) mass is 326 g/mol. The third kappa shape index (κ3) is 4.13. The zero-order chi connectivity index (χ0) is 16.8. The van der Waals surface area contributed by atoms with Gasteiger partial charge in [0.2, 0.25) is 0 Å². The Bertz CT molecular complexity index is 652. The van der Waals surface area contributed by atoms with Gasteiger partial charge >= 0.3 is 0 Å². The van der Waals surface area contributed by atoms with Crippen molar-refractivity contribution in [1.29, 1.82) is 0 Å². The van der Waals surface area contributed by atoms with Crippen LogP contribution < -0.4 is 10.2 Å². The number of nitrogens with zero attached hydrogens (tertiary/aromatic N) is 1. The van der Waals surface area contributed by atoms with Crippen molar-refractivity contribution >= 4 is 11.6 Å². The summed E-state index contributed by atoms with van der Waals surface area (Å²) < 4.78 is 5.36. The van der Waals surface area contributed by atoms with Crippen molar-refractivity contribution in [3.05, 3.63) is 65.7 Å². The lowest BCUT2D eigenvalue weighted by Gasteiger charge is -2.28. The van der Waals surface area contributed by atoms with E-state index in [1.807, 2.05) is 18.2 Å². The maximum absolute atomic E-state index is 12.0. The second-order valence-corrected chi connectivity index (χ2v) is 5.80. The van der Waals surface area contributed by atoms with Crippen LogP contribution in [0, 0.1) is 0 Å². The van der Waals surface area contributed by atoms with Crippen LogP contribution >= 0.6 is 0 Å². The molecule has 1 aliphatic heterocycles. The molecule has 3 rings (SSSR count). The number of carbonyl (C=O) groups excluding carboxylic acids is 1. The fourth-order valence-electron chi connectivity index (χ4n) is 2.72. The van der Waals surface area contributed by atoms with Gasteiger partial charge in [-0.25, -0.2) is 0 Å². The number of aliphatic hydroxyl groups excluding tert-OH is 1. The van der Waals surface area contributed by atoms with Crippen LogP contribution in [0.2, 0.25) is 0 Å². The van der Waals surface area contributed by atoms with Crippen molar-refractivity contribution in [2.24, 2.45) is 0 Å². The molecule has 2 N–H and O–H groups in total. The van der Waals surface area contributed by atoms with E-state index in [1.54, 1.807) is 24.3 Å². The quantitative estimate of drug-likeness (QED) is 0.881. The zero-order valence-electron chi connectivity index (χ0n) is 13.5.